The van der Waals surface area contributed by atoms with Crippen LogP contribution in [0.3, 0.4) is 0 Å². The van der Waals surface area contributed by atoms with Gasteiger partial charge >= 0.3 is 0 Å². The van der Waals surface area contributed by atoms with Crippen molar-refractivity contribution in [3.8, 4) is 5.75 Å². The van der Waals surface area contributed by atoms with Crippen molar-refractivity contribution in [3.05, 3.63) is 89.1 Å². The van der Waals surface area contributed by atoms with Crippen molar-refractivity contribution in [3.63, 3.8) is 0 Å². The van der Waals surface area contributed by atoms with Crippen LogP contribution in [0.2, 0.25) is 0 Å². The number of benzene rings is 3. The molecule has 0 aliphatic heterocycles. The third-order valence-electron chi connectivity index (χ3n) is 6.45. The van der Waals surface area contributed by atoms with Gasteiger partial charge in [0.1, 0.15) is 17.1 Å². The first kappa shape index (κ1) is 29.5. The van der Waals surface area contributed by atoms with Gasteiger partial charge in [-0.3, -0.25) is 14.4 Å². The lowest BCUT2D eigenvalue weighted by molar-refractivity contribution is -0.115. The third-order valence-corrected chi connectivity index (χ3v) is 6.45. The molecule has 1 heterocycles. The maximum atomic E-state index is 13.3. The van der Waals surface area contributed by atoms with E-state index in [0.717, 1.165) is 11.1 Å². The zero-order chi connectivity index (χ0) is 30.2. The van der Waals surface area contributed by atoms with Crippen molar-refractivity contribution in [2.45, 2.75) is 27.2 Å². The second-order valence-corrected chi connectivity index (χ2v) is 9.40. The quantitative estimate of drug-likeness (QED) is 0.163. The van der Waals surface area contributed by atoms with Crippen LogP contribution < -0.4 is 31.3 Å². The Hall–Kier alpha value is -5.45. The largest absolute Gasteiger partial charge is 0.496 e. The Balaban J connectivity index is 1.50. The molecule has 0 saturated heterocycles. The summed E-state index contributed by atoms with van der Waals surface area (Å²) < 4.78 is 5.28. The van der Waals surface area contributed by atoms with Crippen LogP contribution in [-0.2, 0) is 4.79 Å². The Labute approximate surface area is 244 Å². The summed E-state index contributed by atoms with van der Waals surface area (Å²) in [6, 6.07) is 17.7. The molecule has 0 radical (unpaired) electrons. The average molecular weight is 568 g/mol. The highest BCUT2D eigenvalue weighted by Crippen LogP contribution is 2.26. The smallest absolute Gasteiger partial charge is 0.261 e. The molecule has 0 bridgehead atoms. The number of carbonyl (C=O) groups excluding carboxylic acids is 3. The Morgan fingerprint density at radius 1 is 0.810 bits per heavy atom. The van der Waals surface area contributed by atoms with Gasteiger partial charge in [0.15, 0.2) is 0 Å². The lowest BCUT2D eigenvalue weighted by Gasteiger charge is -2.15. The second-order valence-electron chi connectivity index (χ2n) is 9.40. The normalized spacial score (nSPS) is 10.4. The van der Waals surface area contributed by atoms with Gasteiger partial charge in [0.05, 0.1) is 12.7 Å². The van der Waals surface area contributed by atoms with Gasteiger partial charge in [-0.1, -0.05) is 31.2 Å². The molecule has 0 atom stereocenters. The molecule has 1 aromatic heterocycles. The third kappa shape index (κ3) is 7.00. The van der Waals surface area contributed by atoms with Crippen molar-refractivity contribution in [2.75, 3.05) is 40.7 Å². The minimum Gasteiger partial charge on any atom is -0.496 e. The number of para-hydroxylation sites is 1. The molecule has 0 saturated carbocycles. The number of hydrogen-bond donors (Lipinski definition) is 5. The molecule has 11 nitrogen and oxygen atoms in total. The molecule has 4 rings (SSSR count). The highest BCUT2D eigenvalue weighted by Gasteiger charge is 2.17. The van der Waals surface area contributed by atoms with E-state index in [9.17, 15) is 14.4 Å². The maximum Gasteiger partial charge on any atom is 0.261 e. The highest BCUT2D eigenvalue weighted by molar-refractivity contribution is 6.09. The lowest BCUT2D eigenvalue weighted by atomic mass is 10.1. The van der Waals surface area contributed by atoms with Crippen LogP contribution in [0.1, 0.15) is 45.2 Å². The number of ether oxygens (including phenoxy) is 1. The van der Waals surface area contributed by atoms with E-state index in [1.807, 2.05) is 26.0 Å². The van der Waals surface area contributed by atoms with E-state index in [4.69, 9.17) is 4.74 Å². The van der Waals surface area contributed by atoms with Gasteiger partial charge in [-0.2, -0.15) is 4.98 Å². The minimum absolute atomic E-state index is 0.0843. The number of carbonyl (C=O) groups is 3. The lowest BCUT2D eigenvalue weighted by Crippen LogP contribution is -2.17. The van der Waals surface area contributed by atoms with Crippen LogP contribution in [0.25, 0.3) is 0 Å². The molecule has 0 aliphatic carbocycles. The van der Waals surface area contributed by atoms with Crippen LogP contribution >= 0.6 is 0 Å². The first-order valence-corrected chi connectivity index (χ1v) is 13.3. The highest BCUT2D eigenvalue weighted by atomic mass is 16.5. The number of rotatable bonds is 10. The van der Waals surface area contributed by atoms with Crippen molar-refractivity contribution >= 4 is 52.2 Å². The Bertz CT molecular complexity index is 1640. The summed E-state index contributed by atoms with van der Waals surface area (Å²) in [6.45, 7) is 5.55. The van der Waals surface area contributed by atoms with Crippen molar-refractivity contribution in [1.29, 1.82) is 0 Å². The summed E-state index contributed by atoms with van der Waals surface area (Å²) in [6.07, 6.45) is 1.80. The van der Waals surface area contributed by atoms with E-state index in [1.54, 1.807) is 62.5 Å². The molecule has 4 aromatic rings. The summed E-state index contributed by atoms with van der Waals surface area (Å²) in [5.41, 5.74) is 4.72. The molecular formula is C31H33N7O4. The van der Waals surface area contributed by atoms with Gasteiger partial charge in [-0.25, -0.2) is 4.98 Å². The molecule has 0 unspecified atom stereocenters. The van der Waals surface area contributed by atoms with Crippen molar-refractivity contribution in [2.24, 2.45) is 0 Å². The first-order chi connectivity index (χ1) is 20.2. The number of anilines is 6. The Morgan fingerprint density at radius 2 is 1.45 bits per heavy atom. The van der Waals surface area contributed by atoms with E-state index in [-0.39, 0.29) is 23.3 Å². The van der Waals surface area contributed by atoms with Gasteiger partial charge in [-0.05, 0) is 61.4 Å². The molecule has 0 aliphatic rings. The van der Waals surface area contributed by atoms with Crippen LogP contribution in [0, 0.1) is 13.8 Å². The van der Waals surface area contributed by atoms with E-state index < -0.39 is 5.91 Å². The summed E-state index contributed by atoms with van der Waals surface area (Å²) in [5.74, 6) is 0.191. The molecule has 3 amide bonds. The fraction of sp³-hybridized carbons (Fsp3) is 0.194. The van der Waals surface area contributed by atoms with Gasteiger partial charge in [0.2, 0.25) is 11.9 Å². The van der Waals surface area contributed by atoms with Gasteiger partial charge in [0, 0.05) is 42.4 Å². The number of amides is 3. The molecule has 216 valence electrons. The Morgan fingerprint density at radius 3 is 2.14 bits per heavy atom. The van der Waals surface area contributed by atoms with Gasteiger partial charge < -0.3 is 31.3 Å². The number of hydrogen-bond acceptors (Lipinski definition) is 8. The Kier molecular flexibility index (Phi) is 9.33. The molecule has 11 heteroatoms. The maximum absolute atomic E-state index is 13.3. The van der Waals surface area contributed by atoms with E-state index >= 15 is 0 Å². The van der Waals surface area contributed by atoms with Gasteiger partial charge in [0.25, 0.3) is 11.8 Å². The summed E-state index contributed by atoms with van der Waals surface area (Å²) in [7, 11) is 3.16. The number of nitrogens with zero attached hydrogens (tertiary/aromatic N) is 2. The monoisotopic (exact) mass is 567 g/mol. The van der Waals surface area contributed by atoms with E-state index in [1.165, 1.54) is 13.3 Å². The van der Waals surface area contributed by atoms with E-state index in [2.05, 4.69) is 36.6 Å². The van der Waals surface area contributed by atoms with Gasteiger partial charge in [-0.15, -0.1) is 0 Å². The standard InChI is InChI=1S/C31H33N7O4/c1-6-27(39)36-24-16-21(14-12-18(24)2)35-31-33-17-23(28(32-4)38-31)30(41)37-25-15-20(13-11-19(25)3)34-29(40)22-9-7-8-10-26(22)42-5/h7-17H,6H2,1-5H3,(H,34,40)(H,36,39)(H,37,41)(H2,32,33,35,38). The zero-order valence-corrected chi connectivity index (χ0v) is 24.1. The van der Waals surface area contributed by atoms with Crippen LogP contribution in [-0.4, -0.2) is 41.8 Å². The van der Waals surface area contributed by atoms with Crippen LogP contribution in [0.15, 0.2) is 66.9 Å². The predicted molar refractivity (Wildman–Crippen MR) is 165 cm³/mol. The molecule has 0 fully saturated rings. The number of aryl methyl sites for hydroxylation is 2. The average Bonchev–Trinajstić information content (AvgIpc) is 3.00. The SMILES string of the molecule is CCC(=O)Nc1cc(Nc2ncc(C(=O)Nc3cc(NC(=O)c4ccccc4OC)ccc3C)c(NC)n2)ccc1C. The number of aromatic nitrogens is 2. The topological polar surface area (TPSA) is 146 Å². The molecular weight excluding hydrogens is 534 g/mol. The van der Waals surface area contributed by atoms with Crippen LogP contribution in [0.5, 0.6) is 5.75 Å². The van der Waals surface area contributed by atoms with Crippen LogP contribution in [0.4, 0.5) is 34.5 Å². The van der Waals surface area contributed by atoms with Crippen molar-refractivity contribution < 1.29 is 19.1 Å². The number of methoxy groups -OCH3 is 1. The predicted octanol–water partition coefficient (Wildman–Crippen LogP) is 5.74. The first-order valence-electron chi connectivity index (χ1n) is 13.3. The minimum atomic E-state index is -0.429. The molecule has 5 N–H and O–H groups in total. The summed E-state index contributed by atoms with van der Waals surface area (Å²) >= 11 is 0. The van der Waals surface area contributed by atoms with E-state index in [0.29, 0.717) is 46.3 Å². The van der Waals surface area contributed by atoms with Crippen molar-refractivity contribution in [1.82, 2.24) is 9.97 Å². The second kappa shape index (κ2) is 13.3. The summed E-state index contributed by atoms with van der Waals surface area (Å²) in [4.78, 5) is 46.8. The fourth-order valence-electron chi connectivity index (χ4n) is 4.06. The number of nitrogens with one attached hydrogen (secondary N) is 5. The molecule has 3 aromatic carbocycles. The fourth-order valence-corrected chi connectivity index (χ4v) is 4.06. The molecule has 0 spiro atoms. The zero-order valence-electron chi connectivity index (χ0n) is 24.1. The summed E-state index contributed by atoms with van der Waals surface area (Å²) in [5, 5.41) is 14.7. The molecule has 42 heavy (non-hydrogen) atoms.